The standard InChI is InChI=1S/C11H19N3/c1-5-6-7-10-8(2)11(12-4)14-9(3)13-10/h5-7H2,1-4H3,(H,12,13,14). The Hall–Kier alpha value is -1.12. The molecule has 3 heteroatoms. The smallest absolute Gasteiger partial charge is 0.132 e. The zero-order valence-electron chi connectivity index (χ0n) is 9.52. The third-order valence-corrected chi connectivity index (χ3v) is 2.36. The molecule has 1 rings (SSSR count). The van der Waals surface area contributed by atoms with Crippen molar-refractivity contribution in [2.24, 2.45) is 0 Å². The number of nitrogens with one attached hydrogen (secondary N) is 1. The molecule has 0 aliphatic heterocycles. The molecule has 0 radical (unpaired) electrons. The number of hydrogen-bond donors (Lipinski definition) is 1. The molecule has 0 unspecified atom stereocenters. The molecule has 0 saturated heterocycles. The summed E-state index contributed by atoms with van der Waals surface area (Å²) in [6, 6.07) is 0. The maximum Gasteiger partial charge on any atom is 0.132 e. The molecule has 0 fully saturated rings. The van der Waals surface area contributed by atoms with Gasteiger partial charge in [-0.3, -0.25) is 0 Å². The SMILES string of the molecule is CCCCc1nc(C)nc(NC)c1C. The summed E-state index contributed by atoms with van der Waals surface area (Å²) < 4.78 is 0. The van der Waals surface area contributed by atoms with Crippen molar-refractivity contribution in [1.82, 2.24) is 9.97 Å². The first kappa shape index (κ1) is 11.0. The van der Waals surface area contributed by atoms with Crippen molar-refractivity contribution >= 4 is 5.82 Å². The zero-order chi connectivity index (χ0) is 10.6. The molecule has 1 N–H and O–H groups in total. The minimum absolute atomic E-state index is 0.853. The first-order valence-electron chi connectivity index (χ1n) is 5.21. The second-order valence-corrected chi connectivity index (χ2v) is 3.54. The number of anilines is 1. The van der Waals surface area contributed by atoms with Crippen LogP contribution in [0.4, 0.5) is 5.82 Å². The zero-order valence-corrected chi connectivity index (χ0v) is 9.52. The third-order valence-electron chi connectivity index (χ3n) is 2.36. The van der Waals surface area contributed by atoms with Crippen LogP contribution in [0.2, 0.25) is 0 Å². The molecular formula is C11H19N3. The largest absolute Gasteiger partial charge is 0.373 e. The lowest BCUT2D eigenvalue weighted by atomic mass is 10.1. The van der Waals surface area contributed by atoms with Gasteiger partial charge >= 0.3 is 0 Å². The van der Waals surface area contributed by atoms with E-state index in [9.17, 15) is 0 Å². The first-order chi connectivity index (χ1) is 6.69. The van der Waals surface area contributed by atoms with Gasteiger partial charge in [0, 0.05) is 18.3 Å². The quantitative estimate of drug-likeness (QED) is 0.798. The van der Waals surface area contributed by atoms with Gasteiger partial charge < -0.3 is 5.32 Å². The summed E-state index contributed by atoms with van der Waals surface area (Å²) in [5.74, 6) is 1.81. The highest BCUT2D eigenvalue weighted by molar-refractivity contribution is 5.45. The van der Waals surface area contributed by atoms with Gasteiger partial charge in [-0.2, -0.15) is 0 Å². The number of nitrogens with zero attached hydrogens (tertiary/aromatic N) is 2. The maximum atomic E-state index is 4.47. The number of unbranched alkanes of at least 4 members (excludes halogenated alkanes) is 1. The van der Waals surface area contributed by atoms with Crippen LogP contribution >= 0.6 is 0 Å². The van der Waals surface area contributed by atoms with Crippen molar-refractivity contribution in [2.75, 3.05) is 12.4 Å². The Bertz CT molecular complexity index is 308. The third kappa shape index (κ3) is 2.44. The molecule has 3 nitrogen and oxygen atoms in total. The summed E-state index contributed by atoms with van der Waals surface area (Å²) in [4.78, 5) is 8.81. The fourth-order valence-corrected chi connectivity index (χ4v) is 1.52. The van der Waals surface area contributed by atoms with E-state index in [4.69, 9.17) is 0 Å². The summed E-state index contributed by atoms with van der Waals surface area (Å²) in [5, 5.41) is 3.10. The summed E-state index contributed by atoms with van der Waals surface area (Å²) in [7, 11) is 1.90. The van der Waals surface area contributed by atoms with Crippen molar-refractivity contribution in [1.29, 1.82) is 0 Å². The summed E-state index contributed by atoms with van der Waals surface area (Å²) >= 11 is 0. The van der Waals surface area contributed by atoms with Crippen LogP contribution in [0.5, 0.6) is 0 Å². The van der Waals surface area contributed by atoms with Crippen molar-refractivity contribution < 1.29 is 0 Å². The van der Waals surface area contributed by atoms with Gasteiger partial charge in [0.15, 0.2) is 0 Å². The molecule has 0 atom stereocenters. The Labute approximate surface area is 86.0 Å². The van der Waals surface area contributed by atoms with Gasteiger partial charge in [-0.05, 0) is 26.7 Å². The van der Waals surface area contributed by atoms with E-state index in [-0.39, 0.29) is 0 Å². The molecule has 0 saturated carbocycles. The lowest BCUT2D eigenvalue weighted by Crippen LogP contribution is -2.05. The van der Waals surface area contributed by atoms with Crippen molar-refractivity contribution in [3.8, 4) is 0 Å². The summed E-state index contributed by atoms with van der Waals surface area (Å²) in [6.45, 7) is 6.22. The normalized spacial score (nSPS) is 10.3. The first-order valence-corrected chi connectivity index (χ1v) is 5.21. The molecule has 1 aromatic rings. The highest BCUT2D eigenvalue weighted by Gasteiger charge is 2.06. The fraction of sp³-hybridized carbons (Fsp3) is 0.636. The van der Waals surface area contributed by atoms with Gasteiger partial charge in [0.05, 0.1) is 0 Å². The fourth-order valence-electron chi connectivity index (χ4n) is 1.52. The van der Waals surface area contributed by atoms with E-state index in [1.165, 1.54) is 24.1 Å². The predicted molar refractivity (Wildman–Crippen MR) is 59.7 cm³/mol. The van der Waals surface area contributed by atoms with E-state index < -0.39 is 0 Å². The Morgan fingerprint density at radius 2 is 1.93 bits per heavy atom. The predicted octanol–water partition coefficient (Wildman–Crippen LogP) is 2.48. The van der Waals surface area contributed by atoms with Gasteiger partial charge in [-0.15, -0.1) is 0 Å². The van der Waals surface area contributed by atoms with Gasteiger partial charge in [0.2, 0.25) is 0 Å². The molecule has 1 heterocycles. The van der Waals surface area contributed by atoms with E-state index >= 15 is 0 Å². The van der Waals surface area contributed by atoms with Gasteiger partial charge in [-0.1, -0.05) is 13.3 Å². The van der Waals surface area contributed by atoms with Crippen LogP contribution in [-0.2, 0) is 6.42 Å². The van der Waals surface area contributed by atoms with Crippen LogP contribution in [0.15, 0.2) is 0 Å². The Kier molecular flexibility index (Phi) is 3.86. The molecule has 0 amide bonds. The molecule has 0 aliphatic rings. The number of hydrogen-bond acceptors (Lipinski definition) is 3. The lowest BCUT2D eigenvalue weighted by Gasteiger charge is -2.10. The topological polar surface area (TPSA) is 37.8 Å². The highest BCUT2D eigenvalue weighted by Crippen LogP contribution is 2.16. The molecule has 0 aromatic carbocycles. The Balaban J connectivity index is 2.96. The maximum absolute atomic E-state index is 4.47. The van der Waals surface area contributed by atoms with Gasteiger partial charge in [-0.25, -0.2) is 9.97 Å². The average molecular weight is 193 g/mol. The van der Waals surface area contributed by atoms with Crippen LogP contribution in [0.3, 0.4) is 0 Å². The number of rotatable bonds is 4. The highest BCUT2D eigenvalue weighted by atomic mass is 15.0. The lowest BCUT2D eigenvalue weighted by molar-refractivity contribution is 0.762. The van der Waals surface area contributed by atoms with Crippen LogP contribution in [-0.4, -0.2) is 17.0 Å². The van der Waals surface area contributed by atoms with Crippen molar-refractivity contribution in [3.05, 3.63) is 17.1 Å². The Morgan fingerprint density at radius 1 is 1.21 bits per heavy atom. The van der Waals surface area contributed by atoms with Gasteiger partial charge in [0.1, 0.15) is 11.6 Å². The average Bonchev–Trinajstić information content (AvgIpc) is 2.18. The van der Waals surface area contributed by atoms with E-state index in [1.54, 1.807) is 0 Å². The van der Waals surface area contributed by atoms with E-state index in [2.05, 4.69) is 29.1 Å². The minimum atomic E-state index is 0.853. The van der Waals surface area contributed by atoms with Crippen molar-refractivity contribution in [2.45, 2.75) is 40.0 Å². The number of aryl methyl sites for hydroxylation is 2. The monoisotopic (exact) mass is 193 g/mol. The number of aromatic nitrogens is 2. The molecule has 78 valence electrons. The summed E-state index contributed by atoms with van der Waals surface area (Å²) in [5.41, 5.74) is 2.37. The Morgan fingerprint density at radius 3 is 2.50 bits per heavy atom. The van der Waals surface area contributed by atoms with Crippen LogP contribution in [0.1, 0.15) is 36.8 Å². The molecule has 0 spiro atoms. The van der Waals surface area contributed by atoms with E-state index in [0.29, 0.717) is 0 Å². The molecule has 0 bridgehead atoms. The van der Waals surface area contributed by atoms with Crippen molar-refractivity contribution in [3.63, 3.8) is 0 Å². The second-order valence-electron chi connectivity index (χ2n) is 3.54. The van der Waals surface area contributed by atoms with Crippen LogP contribution in [0, 0.1) is 13.8 Å². The minimum Gasteiger partial charge on any atom is -0.373 e. The second kappa shape index (κ2) is 4.94. The van der Waals surface area contributed by atoms with Gasteiger partial charge in [0.25, 0.3) is 0 Å². The van der Waals surface area contributed by atoms with E-state index in [0.717, 1.165) is 18.1 Å². The molecule has 0 aliphatic carbocycles. The molecule has 14 heavy (non-hydrogen) atoms. The van der Waals surface area contributed by atoms with Crippen LogP contribution in [0.25, 0.3) is 0 Å². The molecular weight excluding hydrogens is 174 g/mol. The summed E-state index contributed by atoms with van der Waals surface area (Å²) in [6.07, 6.45) is 3.46. The van der Waals surface area contributed by atoms with Crippen LogP contribution < -0.4 is 5.32 Å². The van der Waals surface area contributed by atoms with E-state index in [1.807, 2.05) is 14.0 Å². The molecule has 1 aromatic heterocycles.